The lowest BCUT2D eigenvalue weighted by Crippen LogP contribution is -2.11. The third-order valence-corrected chi connectivity index (χ3v) is 3.40. The molecule has 0 aromatic heterocycles. The third-order valence-electron chi connectivity index (χ3n) is 3.40. The molecular weight excluding hydrogens is 229 g/mol. The van der Waals surface area contributed by atoms with E-state index in [-0.39, 0.29) is 5.92 Å². The molecule has 4 heteroatoms. The second-order valence-corrected chi connectivity index (χ2v) is 4.61. The van der Waals surface area contributed by atoms with Crippen molar-refractivity contribution < 1.29 is 18.3 Å². The molecular formula is C13H15F3O. The van der Waals surface area contributed by atoms with Gasteiger partial charge in [-0.1, -0.05) is 25.0 Å². The highest BCUT2D eigenvalue weighted by atomic mass is 19.4. The van der Waals surface area contributed by atoms with Crippen LogP contribution in [-0.4, -0.2) is 5.11 Å². The Balaban J connectivity index is 2.20. The van der Waals surface area contributed by atoms with E-state index in [9.17, 15) is 18.3 Å². The summed E-state index contributed by atoms with van der Waals surface area (Å²) in [6, 6.07) is 5.02. The fourth-order valence-electron chi connectivity index (χ4n) is 2.44. The SMILES string of the molecule is O[C@H](c1cccc(C(F)(F)F)c1)C1CCCC1. The highest BCUT2D eigenvalue weighted by Crippen LogP contribution is 2.37. The van der Waals surface area contributed by atoms with Gasteiger partial charge in [0.15, 0.2) is 0 Å². The van der Waals surface area contributed by atoms with E-state index in [1.165, 1.54) is 6.07 Å². The number of benzene rings is 1. The van der Waals surface area contributed by atoms with E-state index in [0.29, 0.717) is 5.56 Å². The second-order valence-electron chi connectivity index (χ2n) is 4.61. The van der Waals surface area contributed by atoms with Gasteiger partial charge in [-0.25, -0.2) is 0 Å². The minimum Gasteiger partial charge on any atom is -0.388 e. The molecule has 1 fully saturated rings. The number of hydrogen-bond donors (Lipinski definition) is 1. The Morgan fingerprint density at radius 1 is 1.18 bits per heavy atom. The maximum absolute atomic E-state index is 12.5. The van der Waals surface area contributed by atoms with Gasteiger partial charge in [-0.3, -0.25) is 0 Å². The summed E-state index contributed by atoms with van der Waals surface area (Å²) in [6.45, 7) is 0. The standard InChI is InChI=1S/C13H15F3O/c14-13(15,16)11-7-3-6-10(8-11)12(17)9-4-1-2-5-9/h3,6-9,12,17H,1-2,4-5H2/t12-/m0/s1. The molecule has 1 N–H and O–H groups in total. The quantitative estimate of drug-likeness (QED) is 0.835. The molecule has 1 aliphatic rings. The molecule has 1 aromatic rings. The molecule has 0 radical (unpaired) electrons. The van der Waals surface area contributed by atoms with Gasteiger partial charge in [0.25, 0.3) is 0 Å². The zero-order valence-corrected chi connectivity index (χ0v) is 9.37. The molecule has 0 aliphatic heterocycles. The average molecular weight is 244 g/mol. The summed E-state index contributed by atoms with van der Waals surface area (Å²) in [7, 11) is 0. The van der Waals surface area contributed by atoms with E-state index in [4.69, 9.17) is 0 Å². The minimum atomic E-state index is -4.34. The van der Waals surface area contributed by atoms with Gasteiger partial charge in [-0.2, -0.15) is 13.2 Å². The summed E-state index contributed by atoms with van der Waals surface area (Å²) in [5, 5.41) is 10.0. The zero-order valence-electron chi connectivity index (χ0n) is 9.37. The smallest absolute Gasteiger partial charge is 0.388 e. The van der Waals surface area contributed by atoms with E-state index in [1.54, 1.807) is 6.07 Å². The minimum absolute atomic E-state index is 0.110. The Kier molecular flexibility index (Phi) is 3.43. The van der Waals surface area contributed by atoms with Crippen molar-refractivity contribution in [1.29, 1.82) is 0 Å². The summed E-state index contributed by atoms with van der Waals surface area (Å²) < 4.78 is 37.6. The van der Waals surface area contributed by atoms with Crippen molar-refractivity contribution in [3.63, 3.8) is 0 Å². The number of rotatable bonds is 2. The Bertz CT molecular complexity index is 380. The van der Waals surface area contributed by atoms with Crippen molar-refractivity contribution in [3.05, 3.63) is 35.4 Å². The number of halogens is 3. The molecule has 0 unspecified atom stereocenters. The van der Waals surface area contributed by atoms with Gasteiger partial charge >= 0.3 is 6.18 Å². The molecule has 0 spiro atoms. The van der Waals surface area contributed by atoms with Gasteiger partial charge in [-0.15, -0.1) is 0 Å². The van der Waals surface area contributed by atoms with Crippen molar-refractivity contribution in [1.82, 2.24) is 0 Å². The Morgan fingerprint density at radius 3 is 2.41 bits per heavy atom. The summed E-state index contributed by atoms with van der Waals surface area (Å²) in [4.78, 5) is 0. The predicted molar refractivity (Wildman–Crippen MR) is 58.4 cm³/mol. The lowest BCUT2D eigenvalue weighted by Gasteiger charge is -2.19. The van der Waals surface area contributed by atoms with Crippen LogP contribution < -0.4 is 0 Å². The Labute approximate surface area is 98.3 Å². The van der Waals surface area contributed by atoms with Crippen LogP contribution in [0.3, 0.4) is 0 Å². The van der Waals surface area contributed by atoms with Crippen LogP contribution in [0.1, 0.15) is 42.9 Å². The van der Waals surface area contributed by atoms with Gasteiger partial charge in [0, 0.05) is 0 Å². The predicted octanol–water partition coefficient (Wildman–Crippen LogP) is 3.93. The molecule has 2 rings (SSSR count). The fraction of sp³-hybridized carbons (Fsp3) is 0.538. The molecule has 1 aliphatic carbocycles. The van der Waals surface area contributed by atoms with Crippen LogP contribution in [-0.2, 0) is 6.18 Å². The first kappa shape index (κ1) is 12.4. The summed E-state index contributed by atoms with van der Waals surface area (Å²) in [5.41, 5.74) is -0.307. The number of aliphatic hydroxyl groups is 1. The van der Waals surface area contributed by atoms with E-state index >= 15 is 0 Å². The van der Waals surface area contributed by atoms with Crippen molar-refractivity contribution >= 4 is 0 Å². The number of aliphatic hydroxyl groups excluding tert-OH is 1. The first-order chi connectivity index (χ1) is 7.98. The van der Waals surface area contributed by atoms with Crippen LogP contribution in [0.5, 0.6) is 0 Å². The summed E-state index contributed by atoms with van der Waals surface area (Å²) in [6.07, 6.45) is -1.19. The lowest BCUT2D eigenvalue weighted by atomic mass is 9.93. The molecule has 1 aromatic carbocycles. The molecule has 1 nitrogen and oxygen atoms in total. The molecule has 0 amide bonds. The molecule has 0 saturated heterocycles. The molecule has 0 heterocycles. The molecule has 0 bridgehead atoms. The van der Waals surface area contributed by atoms with Crippen LogP contribution in [0.2, 0.25) is 0 Å². The molecule has 1 atom stereocenters. The van der Waals surface area contributed by atoms with Crippen molar-refractivity contribution in [3.8, 4) is 0 Å². The monoisotopic (exact) mass is 244 g/mol. The lowest BCUT2D eigenvalue weighted by molar-refractivity contribution is -0.137. The zero-order chi connectivity index (χ0) is 12.5. The van der Waals surface area contributed by atoms with Crippen LogP contribution in [0.15, 0.2) is 24.3 Å². The maximum Gasteiger partial charge on any atom is 0.416 e. The van der Waals surface area contributed by atoms with Crippen LogP contribution >= 0.6 is 0 Å². The van der Waals surface area contributed by atoms with Gasteiger partial charge in [-0.05, 0) is 36.5 Å². The second kappa shape index (κ2) is 4.69. The van der Waals surface area contributed by atoms with E-state index < -0.39 is 17.8 Å². The summed E-state index contributed by atoms with van der Waals surface area (Å²) in [5.74, 6) is 0.110. The molecule has 17 heavy (non-hydrogen) atoms. The first-order valence-electron chi connectivity index (χ1n) is 5.84. The molecule has 1 saturated carbocycles. The third kappa shape index (κ3) is 2.80. The normalized spacial score (nSPS) is 19.5. The van der Waals surface area contributed by atoms with Crippen LogP contribution in [0.25, 0.3) is 0 Å². The van der Waals surface area contributed by atoms with E-state index in [1.807, 2.05) is 0 Å². The van der Waals surface area contributed by atoms with Gasteiger partial charge < -0.3 is 5.11 Å². The first-order valence-corrected chi connectivity index (χ1v) is 5.84. The van der Waals surface area contributed by atoms with Crippen molar-refractivity contribution in [2.75, 3.05) is 0 Å². The topological polar surface area (TPSA) is 20.2 Å². The number of hydrogen-bond acceptors (Lipinski definition) is 1. The van der Waals surface area contributed by atoms with Crippen LogP contribution in [0, 0.1) is 5.92 Å². The highest BCUT2D eigenvalue weighted by Gasteiger charge is 2.32. The maximum atomic E-state index is 12.5. The summed E-state index contributed by atoms with van der Waals surface area (Å²) >= 11 is 0. The fourth-order valence-corrected chi connectivity index (χ4v) is 2.44. The van der Waals surface area contributed by atoms with E-state index in [2.05, 4.69) is 0 Å². The van der Waals surface area contributed by atoms with Gasteiger partial charge in [0.1, 0.15) is 0 Å². The largest absolute Gasteiger partial charge is 0.416 e. The number of alkyl halides is 3. The Hall–Kier alpha value is -1.03. The van der Waals surface area contributed by atoms with Gasteiger partial charge in [0.2, 0.25) is 0 Å². The highest BCUT2D eigenvalue weighted by molar-refractivity contribution is 5.27. The van der Waals surface area contributed by atoms with Crippen molar-refractivity contribution in [2.24, 2.45) is 5.92 Å². The Morgan fingerprint density at radius 2 is 1.82 bits per heavy atom. The van der Waals surface area contributed by atoms with E-state index in [0.717, 1.165) is 37.8 Å². The van der Waals surface area contributed by atoms with Gasteiger partial charge in [0.05, 0.1) is 11.7 Å². The molecule has 94 valence electrons. The average Bonchev–Trinajstić information content (AvgIpc) is 2.80. The van der Waals surface area contributed by atoms with Crippen molar-refractivity contribution in [2.45, 2.75) is 38.0 Å². The van der Waals surface area contributed by atoms with Crippen LogP contribution in [0.4, 0.5) is 13.2 Å².